The number of piperazine rings is 1. The van der Waals surface area contributed by atoms with Crippen molar-refractivity contribution in [1.82, 2.24) is 14.7 Å². The van der Waals surface area contributed by atoms with E-state index in [2.05, 4.69) is 28.0 Å². The topological polar surface area (TPSA) is 50.3 Å². The molecule has 5 nitrogen and oxygen atoms in total. The van der Waals surface area contributed by atoms with Crippen LogP contribution < -0.4 is 10.6 Å². The van der Waals surface area contributed by atoms with Crippen LogP contribution in [0.15, 0.2) is 54.6 Å². The number of nitrogens with zero attached hydrogens (tertiary/aromatic N) is 4. The molecule has 1 aliphatic carbocycles. The van der Waals surface area contributed by atoms with Gasteiger partial charge in [0.1, 0.15) is 5.82 Å². The van der Waals surface area contributed by atoms with Crippen molar-refractivity contribution in [3.8, 4) is 5.69 Å². The molecule has 1 saturated carbocycles. The van der Waals surface area contributed by atoms with Crippen molar-refractivity contribution in [2.24, 2.45) is 0 Å². The fourth-order valence-electron chi connectivity index (χ4n) is 4.15. The molecule has 1 aliphatic heterocycles. The number of aromatic nitrogens is 2. The normalized spacial score (nSPS) is 17.6. The van der Waals surface area contributed by atoms with E-state index in [1.807, 2.05) is 41.1 Å². The Balaban J connectivity index is 1.33. The van der Waals surface area contributed by atoms with E-state index in [9.17, 15) is 0 Å². The van der Waals surface area contributed by atoms with E-state index < -0.39 is 0 Å². The Hall–Kier alpha value is -2.50. The van der Waals surface area contributed by atoms with Gasteiger partial charge in [0.15, 0.2) is 0 Å². The highest BCUT2D eigenvalue weighted by Gasteiger charge is 2.32. The van der Waals surface area contributed by atoms with Crippen LogP contribution in [0.2, 0.25) is 5.02 Å². The van der Waals surface area contributed by atoms with Gasteiger partial charge in [0.25, 0.3) is 0 Å². The van der Waals surface area contributed by atoms with Gasteiger partial charge in [-0.05, 0) is 43.2 Å². The predicted molar refractivity (Wildman–Crippen MR) is 119 cm³/mol. The third-order valence-corrected chi connectivity index (χ3v) is 6.18. The molecular weight excluding hydrogens is 382 g/mol. The van der Waals surface area contributed by atoms with Gasteiger partial charge >= 0.3 is 0 Å². The molecule has 2 heterocycles. The molecule has 5 rings (SSSR count). The van der Waals surface area contributed by atoms with Gasteiger partial charge in [0, 0.05) is 54.9 Å². The number of halogens is 1. The van der Waals surface area contributed by atoms with Crippen LogP contribution in [0.1, 0.15) is 30.0 Å². The summed E-state index contributed by atoms with van der Waals surface area (Å²) in [6, 6.07) is 18.3. The van der Waals surface area contributed by atoms with E-state index >= 15 is 0 Å². The Kier molecular flexibility index (Phi) is 4.94. The number of para-hydroxylation sites is 1. The molecule has 6 heteroatoms. The molecule has 29 heavy (non-hydrogen) atoms. The average Bonchev–Trinajstić information content (AvgIpc) is 3.54. The summed E-state index contributed by atoms with van der Waals surface area (Å²) in [4.78, 5) is 4.90. The molecule has 3 aromatic rings. The first kappa shape index (κ1) is 18.5. The van der Waals surface area contributed by atoms with Crippen LogP contribution in [-0.2, 0) is 6.54 Å². The zero-order chi connectivity index (χ0) is 19.8. The van der Waals surface area contributed by atoms with E-state index in [1.165, 1.54) is 29.8 Å². The van der Waals surface area contributed by atoms with Gasteiger partial charge < -0.3 is 10.6 Å². The lowest BCUT2D eigenvalue weighted by atomic mass is 10.1. The van der Waals surface area contributed by atoms with Crippen LogP contribution in [0.25, 0.3) is 5.69 Å². The lowest BCUT2D eigenvalue weighted by Gasteiger charge is -2.36. The molecule has 0 amide bonds. The van der Waals surface area contributed by atoms with Crippen molar-refractivity contribution < 1.29 is 0 Å². The maximum atomic E-state index is 6.60. The van der Waals surface area contributed by atoms with Crippen LogP contribution in [0.5, 0.6) is 0 Å². The van der Waals surface area contributed by atoms with Crippen LogP contribution in [0.4, 0.5) is 11.5 Å². The van der Waals surface area contributed by atoms with E-state index in [-0.39, 0.29) is 0 Å². The van der Waals surface area contributed by atoms with E-state index in [4.69, 9.17) is 22.4 Å². The molecule has 2 aromatic carbocycles. The van der Waals surface area contributed by atoms with Crippen molar-refractivity contribution in [2.45, 2.75) is 25.3 Å². The summed E-state index contributed by atoms with van der Waals surface area (Å²) in [5.41, 5.74) is 11.2. The number of rotatable bonds is 5. The molecule has 1 saturated heterocycles. The molecule has 2 N–H and O–H groups in total. The van der Waals surface area contributed by atoms with Crippen LogP contribution in [0.3, 0.4) is 0 Å². The lowest BCUT2D eigenvalue weighted by Crippen LogP contribution is -2.46. The smallest absolute Gasteiger partial charge is 0.132 e. The fraction of sp³-hybridized carbons (Fsp3) is 0.348. The fourth-order valence-corrected chi connectivity index (χ4v) is 4.34. The van der Waals surface area contributed by atoms with Crippen LogP contribution >= 0.6 is 11.6 Å². The highest BCUT2D eigenvalue weighted by atomic mass is 35.5. The Labute approximate surface area is 176 Å². The summed E-state index contributed by atoms with van der Waals surface area (Å²) >= 11 is 6.16. The molecular formula is C23H26ClN5. The Morgan fingerprint density at radius 2 is 1.66 bits per heavy atom. The third kappa shape index (κ3) is 3.85. The summed E-state index contributed by atoms with van der Waals surface area (Å²) in [6.07, 6.45) is 2.45. The SMILES string of the molecule is Nc1c(CN2CCN(c3cccc(Cl)c3)CC2)c(C2CC2)nn1-c1ccccc1. The van der Waals surface area contributed by atoms with Crippen molar-refractivity contribution in [2.75, 3.05) is 36.8 Å². The van der Waals surface area contributed by atoms with Crippen LogP contribution in [0, 0.1) is 0 Å². The van der Waals surface area contributed by atoms with Crippen molar-refractivity contribution in [1.29, 1.82) is 0 Å². The summed E-state index contributed by atoms with van der Waals surface area (Å²) in [7, 11) is 0. The monoisotopic (exact) mass is 407 g/mol. The molecule has 2 aliphatic rings. The van der Waals surface area contributed by atoms with E-state index in [1.54, 1.807) is 0 Å². The number of nitrogen functional groups attached to an aromatic ring is 1. The number of hydrogen-bond acceptors (Lipinski definition) is 4. The molecule has 2 fully saturated rings. The minimum Gasteiger partial charge on any atom is -0.383 e. The van der Waals surface area contributed by atoms with Gasteiger partial charge in [-0.1, -0.05) is 35.9 Å². The summed E-state index contributed by atoms with van der Waals surface area (Å²) in [6.45, 7) is 4.87. The maximum absolute atomic E-state index is 6.60. The predicted octanol–water partition coefficient (Wildman–Crippen LogP) is 4.31. The van der Waals surface area contributed by atoms with Crippen LogP contribution in [-0.4, -0.2) is 40.9 Å². The first-order valence-corrected chi connectivity index (χ1v) is 10.7. The van der Waals surface area contributed by atoms with Gasteiger partial charge in [-0.15, -0.1) is 0 Å². The molecule has 0 unspecified atom stereocenters. The molecule has 0 bridgehead atoms. The van der Waals surface area contributed by atoms with Gasteiger partial charge in [0.05, 0.1) is 11.4 Å². The zero-order valence-electron chi connectivity index (χ0n) is 16.5. The summed E-state index contributed by atoms with van der Waals surface area (Å²) in [5, 5.41) is 5.71. The number of anilines is 2. The van der Waals surface area contributed by atoms with Gasteiger partial charge in [-0.3, -0.25) is 4.90 Å². The molecule has 1 aromatic heterocycles. The molecule has 0 radical (unpaired) electrons. The van der Waals surface area contributed by atoms with Gasteiger partial charge in [-0.2, -0.15) is 5.10 Å². The Morgan fingerprint density at radius 3 is 2.34 bits per heavy atom. The quantitative estimate of drug-likeness (QED) is 0.684. The standard InChI is InChI=1S/C23H26ClN5/c24-18-5-4-8-20(15-18)28-13-11-27(12-14-28)16-21-22(17-9-10-17)26-29(23(21)25)19-6-2-1-3-7-19/h1-8,15,17H,9-14,16,25H2. The number of nitrogens with two attached hydrogens (primary N) is 1. The van der Waals surface area contributed by atoms with Gasteiger partial charge in [0.2, 0.25) is 0 Å². The highest BCUT2D eigenvalue weighted by molar-refractivity contribution is 6.30. The summed E-state index contributed by atoms with van der Waals surface area (Å²) in [5.74, 6) is 1.36. The van der Waals surface area contributed by atoms with Crippen molar-refractivity contribution in [3.63, 3.8) is 0 Å². The first-order chi connectivity index (χ1) is 14.2. The molecule has 150 valence electrons. The Bertz CT molecular complexity index is 988. The van der Waals surface area contributed by atoms with Crippen molar-refractivity contribution in [3.05, 3.63) is 70.9 Å². The lowest BCUT2D eigenvalue weighted by molar-refractivity contribution is 0.249. The third-order valence-electron chi connectivity index (χ3n) is 5.95. The van der Waals surface area contributed by atoms with E-state index in [0.29, 0.717) is 5.92 Å². The molecule has 0 spiro atoms. The minimum absolute atomic E-state index is 0.574. The van der Waals surface area contributed by atoms with E-state index in [0.717, 1.165) is 49.3 Å². The first-order valence-electron chi connectivity index (χ1n) is 10.3. The van der Waals surface area contributed by atoms with Gasteiger partial charge in [-0.25, -0.2) is 4.68 Å². The Morgan fingerprint density at radius 1 is 0.931 bits per heavy atom. The molecule has 0 atom stereocenters. The highest BCUT2D eigenvalue weighted by Crippen LogP contribution is 2.43. The average molecular weight is 408 g/mol. The number of benzene rings is 2. The largest absolute Gasteiger partial charge is 0.383 e. The maximum Gasteiger partial charge on any atom is 0.132 e. The second kappa shape index (κ2) is 7.73. The number of hydrogen-bond donors (Lipinski definition) is 1. The summed E-state index contributed by atoms with van der Waals surface area (Å²) < 4.78 is 1.92. The second-order valence-electron chi connectivity index (χ2n) is 8.01. The second-order valence-corrected chi connectivity index (χ2v) is 8.45. The van der Waals surface area contributed by atoms with Crippen molar-refractivity contribution >= 4 is 23.1 Å². The minimum atomic E-state index is 0.574. The zero-order valence-corrected chi connectivity index (χ0v) is 17.2.